The molecule has 0 fully saturated rings. The molecule has 0 aromatic heterocycles. The smallest absolute Gasteiger partial charge is 0.420 e. The quantitative estimate of drug-likeness (QED) is 0.561. The van der Waals surface area contributed by atoms with E-state index in [1.54, 1.807) is 0 Å². The highest BCUT2D eigenvalue weighted by atomic mass is 19.4. The van der Waals surface area contributed by atoms with Gasteiger partial charge in [0.2, 0.25) is 5.96 Å². The fourth-order valence-corrected chi connectivity index (χ4v) is 1.59. The fourth-order valence-electron chi connectivity index (χ4n) is 1.59. The summed E-state index contributed by atoms with van der Waals surface area (Å²) >= 11 is 0. The minimum atomic E-state index is -4.58. The second-order valence-electron chi connectivity index (χ2n) is 3.85. The van der Waals surface area contributed by atoms with Crippen LogP contribution < -0.4 is 21.9 Å². The standard InChI is InChI=1S/C11H14F3N5O/c1-5-3-6(18-10(17)19-9(15)16)4-7(8(5)20-2)11(12,13)14/h3-4H,1-2H3,(H6,15,16,17,18,19). The number of methoxy groups -OCH3 is 1. The second-order valence-corrected chi connectivity index (χ2v) is 3.85. The third-order valence-corrected chi connectivity index (χ3v) is 2.26. The zero-order chi connectivity index (χ0) is 15.5. The second kappa shape index (κ2) is 5.68. The van der Waals surface area contributed by atoms with E-state index >= 15 is 0 Å². The average molecular weight is 289 g/mol. The van der Waals surface area contributed by atoms with Gasteiger partial charge >= 0.3 is 6.18 Å². The van der Waals surface area contributed by atoms with E-state index in [4.69, 9.17) is 21.9 Å². The summed E-state index contributed by atoms with van der Waals surface area (Å²) in [6, 6.07) is 2.18. The van der Waals surface area contributed by atoms with Crippen LogP contribution in [-0.2, 0) is 6.18 Å². The molecule has 110 valence electrons. The molecule has 0 unspecified atom stereocenters. The molecule has 0 aliphatic heterocycles. The van der Waals surface area contributed by atoms with E-state index in [1.165, 1.54) is 13.0 Å². The van der Waals surface area contributed by atoms with Gasteiger partial charge in [-0.2, -0.15) is 18.2 Å². The molecule has 1 rings (SSSR count). The molecule has 1 aromatic carbocycles. The summed E-state index contributed by atoms with van der Waals surface area (Å²) in [5.41, 5.74) is 14.8. The van der Waals surface area contributed by atoms with Crippen LogP contribution in [-0.4, -0.2) is 19.0 Å². The molecule has 0 radical (unpaired) electrons. The maximum Gasteiger partial charge on any atom is 0.420 e. The summed E-state index contributed by atoms with van der Waals surface area (Å²) in [6.45, 7) is 1.46. The van der Waals surface area contributed by atoms with E-state index in [0.717, 1.165) is 13.2 Å². The van der Waals surface area contributed by atoms with Crippen molar-refractivity contribution in [3.63, 3.8) is 0 Å². The van der Waals surface area contributed by atoms with E-state index in [1.807, 2.05) is 0 Å². The Morgan fingerprint density at radius 2 is 1.80 bits per heavy atom. The number of ether oxygens (including phenoxy) is 1. The van der Waals surface area contributed by atoms with E-state index in [9.17, 15) is 13.2 Å². The topological polar surface area (TPSA) is 112 Å². The molecule has 0 atom stereocenters. The number of guanidine groups is 2. The highest BCUT2D eigenvalue weighted by molar-refractivity contribution is 5.93. The summed E-state index contributed by atoms with van der Waals surface area (Å²) < 4.78 is 43.5. The predicted molar refractivity (Wildman–Crippen MR) is 69.8 cm³/mol. The third-order valence-electron chi connectivity index (χ3n) is 2.26. The minimum Gasteiger partial charge on any atom is -0.496 e. The van der Waals surface area contributed by atoms with E-state index in [2.05, 4.69) is 9.98 Å². The highest BCUT2D eigenvalue weighted by Crippen LogP contribution is 2.40. The van der Waals surface area contributed by atoms with E-state index in [0.29, 0.717) is 0 Å². The Morgan fingerprint density at radius 3 is 2.25 bits per heavy atom. The van der Waals surface area contributed by atoms with Crippen LogP contribution in [0.4, 0.5) is 18.9 Å². The monoisotopic (exact) mass is 289 g/mol. The van der Waals surface area contributed by atoms with Gasteiger partial charge in [-0.25, -0.2) is 4.99 Å². The van der Waals surface area contributed by atoms with Crippen LogP contribution in [0.15, 0.2) is 22.1 Å². The maximum absolute atomic E-state index is 12.9. The van der Waals surface area contributed by atoms with Gasteiger partial charge in [-0.05, 0) is 24.6 Å². The van der Waals surface area contributed by atoms with Gasteiger partial charge in [-0.15, -0.1) is 0 Å². The molecular formula is C11H14F3N5O. The summed E-state index contributed by atoms with van der Waals surface area (Å²) in [5.74, 6) is -0.952. The number of nitrogens with zero attached hydrogens (tertiary/aromatic N) is 2. The number of rotatable bonds is 2. The Bertz CT molecular complexity index is 562. The van der Waals surface area contributed by atoms with Crippen molar-refractivity contribution in [3.05, 3.63) is 23.3 Å². The molecule has 0 aliphatic rings. The molecule has 0 aliphatic carbocycles. The molecule has 0 bridgehead atoms. The Hall–Kier alpha value is -2.45. The first-order valence-corrected chi connectivity index (χ1v) is 5.34. The lowest BCUT2D eigenvalue weighted by molar-refractivity contribution is -0.138. The molecule has 1 aromatic rings. The largest absolute Gasteiger partial charge is 0.496 e. The van der Waals surface area contributed by atoms with Gasteiger partial charge in [-0.1, -0.05) is 0 Å². The summed E-state index contributed by atoms with van der Waals surface area (Å²) in [5, 5.41) is 0. The van der Waals surface area contributed by atoms with Crippen molar-refractivity contribution in [1.82, 2.24) is 0 Å². The molecule has 6 N–H and O–H groups in total. The molecule has 0 spiro atoms. The minimum absolute atomic E-state index is 0.0295. The van der Waals surface area contributed by atoms with E-state index < -0.39 is 11.7 Å². The summed E-state index contributed by atoms with van der Waals surface area (Å²) in [7, 11) is 1.16. The van der Waals surface area contributed by atoms with Gasteiger partial charge in [0.05, 0.1) is 18.4 Å². The molecule has 0 saturated carbocycles. The van der Waals surface area contributed by atoms with Crippen LogP contribution in [0.5, 0.6) is 5.75 Å². The lowest BCUT2D eigenvalue weighted by Crippen LogP contribution is -2.26. The van der Waals surface area contributed by atoms with Crippen LogP contribution in [0.1, 0.15) is 11.1 Å². The highest BCUT2D eigenvalue weighted by Gasteiger charge is 2.35. The number of hydrogen-bond acceptors (Lipinski definition) is 2. The first kappa shape index (κ1) is 15.6. The van der Waals surface area contributed by atoms with Crippen molar-refractivity contribution >= 4 is 17.6 Å². The van der Waals surface area contributed by atoms with Gasteiger partial charge in [0.25, 0.3) is 0 Å². The lowest BCUT2D eigenvalue weighted by atomic mass is 10.1. The summed E-state index contributed by atoms with van der Waals surface area (Å²) in [6.07, 6.45) is -4.58. The third kappa shape index (κ3) is 3.77. The Morgan fingerprint density at radius 1 is 1.20 bits per heavy atom. The number of benzene rings is 1. The van der Waals surface area contributed by atoms with E-state index in [-0.39, 0.29) is 28.9 Å². The van der Waals surface area contributed by atoms with Crippen molar-refractivity contribution in [2.24, 2.45) is 27.2 Å². The number of hydrogen-bond donors (Lipinski definition) is 3. The van der Waals surface area contributed by atoms with Crippen LogP contribution >= 0.6 is 0 Å². The van der Waals surface area contributed by atoms with Gasteiger partial charge < -0.3 is 21.9 Å². The fraction of sp³-hybridized carbons (Fsp3) is 0.273. The van der Waals surface area contributed by atoms with Crippen molar-refractivity contribution < 1.29 is 17.9 Å². The van der Waals surface area contributed by atoms with Crippen molar-refractivity contribution in [2.75, 3.05) is 7.11 Å². The number of alkyl halides is 3. The SMILES string of the molecule is COc1c(C)cc(N=C(N)N=C(N)N)cc1C(F)(F)F. The molecule has 20 heavy (non-hydrogen) atoms. The molecule has 0 saturated heterocycles. The van der Waals surface area contributed by atoms with Gasteiger partial charge in [-0.3, -0.25) is 0 Å². The number of aryl methyl sites for hydroxylation is 1. The molecule has 9 heteroatoms. The van der Waals surface area contributed by atoms with Crippen molar-refractivity contribution in [1.29, 1.82) is 0 Å². The van der Waals surface area contributed by atoms with Crippen LogP contribution in [0.25, 0.3) is 0 Å². The summed E-state index contributed by atoms with van der Waals surface area (Å²) in [4.78, 5) is 7.13. The Balaban J connectivity index is 3.39. The number of halogens is 3. The Kier molecular flexibility index (Phi) is 4.43. The number of aliphatic imine (C=N–C) groups is 2. The van der Waals surface area contributed by atoms with Gasteiger partial charge in [0.15, 0.2) is 5.96 Å². The average Bonchev–Trinajstić information content (AvgIpc) is 2.25. The zero-order valence-electron chi connectivity index (χ0n) is 10.8. The van der Waals surface area contributed by atoms with Crippen molar-refractivity contribution in [3.8, 4) is 5.75 Å². The first-order chi connectivity index (χ1) is 9.15. The van der Waals surface area contributed by atoms with Crippen LogP contribution in [0, 0.1) is 6.92 Å². The molecular weight excluding hydrogens is 275 g/mol. The normalized spacial score (nSPS) is 12.2. The van der Waals surface area contributed by atoms with Gasteiger partial charge in [0.1, 0.15) is 5.75 Å². The molecule has 6 nitrogen and oxygen atoms in total. The predicted octanol–water partition coefficient (Wildman–Crippen LogP) is 1.24. The molecule has 0 amide bonds. The number of nitrogens with two attached hydrogens (primary N) is 3. The Labute approximate surface area is 113 Å². The first-order valence-electron chi connectivity index (χ1n) is 5.34. The zero-order valence-corrected chi connectivity index (χ0v) is 10.8. The lowest BCUT2D eigenvalue weighted by Gasteiger charge is -2.14. The van der Waals surface area contributed by atoms with Gasteiger partial charge in [0, 0.05) is 0 Å². The van der Waals surface area contributed by atoms with Crippen molar-refractivity contribution in [2.45, 2.75) is 13.1 Å². The maximum atomic E-state index is 12.9. The molecule has 0 heterocycles. The van der Waals surface area contributed by atoms with Crippen LogP contribution in [0.2, 0.25) is 0 Å². The van der Waals surface area contributed by atoms with Crippen LogP contribution in [0.3, 0.4) is 0 Å².